The van der Waals surface area contributed by atoms with E-state index in [9.17, 15) is 4.79 Å². The van der Waals surface area contributed by atoms with Crippen LogP contribution in [0, 0.1) is 0 Å². The zero-order valence-corrected chi connectivity index (χ0v) is 13.0. The molecule has 0 aliphatic rings. The van der Waals surface area contributed by atoms with Gasteiger partial charge in [0.1, 0.15) is 6.61 Å². The number of benzene rings is 2. The Labute approximate surface area is 126 Å². The number of ether oxygens (including phenoxy) is 1. The lowest BCUT2D eigenvalue weighted by Crippen LogP contribution is -2.05. The van der Waals surface area contributed by atoms with E-state index in [0.29, 0.717) is 13.0 Å². The number of fused-ring (bicyclic) bond motifs is 1. The van der Waals surface area contributed by atoms with E-state index in [1.165, 1.54) is 16.5 Å². The first-order valence-electron chi connectivity index (χ1n) is 7.53. The summed E-state index contributed by atoms with van der Waals surface area (Å²) >= 11 is 0. The second-order valence-corrected chi connectivity index (χ2v) is 5.02. The molecule has 2 aromatic rings. The number of carbonyl (C=O) groups excluding carboxylic acids is 1. The molecule has 0 bridgehead atoms. The van der Waals surface area contributed by atoms with Gasteiger partial charge in [0.2, 0.25) is 0 Å². The Morgan fingerprint density at radius 1 is 1.24 bits per heavy atom. The van der Waals surface area contributed by atoms with E-state index in [1.54, 1.807) is 0 Å². The van der Waals surface area contributed by atoms with Crippen LogP contribution in [0.2, 0.25) is 0 Å². The van der Waals surface area contributed by atoms with Crippen molar-refractivity contribution < 1.29 is 9.53 Å². The zero-order chi connectivity index (χ0) is 15.2. The standard InChI is InChI=1S/C19H22O2/c1-4-9-16-14(5-2)12-15-10-7-8-11-17(15)18(16)13-21-19(20)6-3/h4,7-12H,5-6,13H2,1-3H3/b9-4-. The van der Waals surface area contributed by atoms with Crippen LogP contribution in [0.25, 0.3) is 16.8 Å². The van der Waals surface area contributed by atoms with Crippen LogP contribution in [0.4, 0.5) is 0 Å². The van der Waals surface area contributed by atoms with Gasteiger partial charge in [0.15, 0.2) is 0 Å². The third-order valence-corrected chi connectivity index (χ3v) is 3.67. The largest absolute Gasteiger partial charge is 0.461 e. The molecule has 0 saturated carbocycles. The molecule has 0 aromatic heterocycles. The fraction of sp³-hybridized carbons (Fsp3) is 0.316. The van der Waals surface area contributed by atoms with Crippen LogP contribution in [0.15, 0.2) is 36.4 Å². The monoisotopic (exact) mass is 282 g/mol. The molecule has 2 heteroatoms. The van der Waals surface area contributed by atoms with Crippen molar-refractivity contribution in [2.45, 2.75) is 40.2 Å². The van der Waals surface area contributed by atoms with Crippen molar-refractivity contribution in [3.8, 4) is 0 Å². The average Bonchev–Trinajstić information content (AvgIpc) is 2.53. The minimum atomic E-state index is -0.160. The van der Waals surface area contributed by atoms with Gasteiger partial charge in [0.25, 0.3) is 0 Å². The van der Waals surface area contributed by atoms with E-state index in [2.05, 4.69) is 31.2 Å². The first-order valence-corrected chi connectivity index (χ1v) is 7.53. The number of esters is 1. The molecule has 0 heterocycles. The molecule has 2 rings (SSSR count). The third kappa shape index (κ3) is 3.33. The van der Waals surface area contributed by atoms with E-state index >= 15 is 0 Å². The van der Waals surface area contributed by atoms with Crippen molar-refractivity contribution in [1.82, 2.24) is 0 Å². The van der Waals surface area contributed by atoms with Gasteiger partial charge in [-0.3, -0.25) is 4.79 Å². The van der Waals surface area contributed by atoms with E-state index in [-0.39, 0.29) is 5.97 Å². The maximum atomic E-state index is 11.5. The summed E-state index contributed by atoms with van der Waals surface area (Å²) in [5.74, 6) is -0.160. The molecule has 2 nitrogen and oxygen atoms in total. The van der Waals surface area contributed by atoms with E-state index in [1.807, 2.05) is 32.1 Å². The summed E-state index contributed by atoms with van der Waals surface area (Å²) in [5, 5.41) is 2.36. The van der Waals surface area contributed by atoms with Gasteiger partial charge in [-0.2, -0.15) is 0 Å². The molecule has 0 N–H and O–H groups in total. The average molecular weight is 282 g/mol. The molecule has 2 aromatic carbocycles. The third-order valence-electron chi connectivity index (χ3n) is 3.67. The molecule has 0 radical (unpaired) electrons. The highest BCUT2D eigenvalue weighted by molar-refractivity contribution is 5.90. The van der Waals surface area contributed by atoms with Crippen LogP contribution in [-0.2, 0) is 22.6 Å². The molecule has 21 heavy (non-hydrogen) atoms. The molecule has 0 amide bonds. The molecule has 0 atom stereocenters. The van der Waals surface area contributed by atoms with Crippen LogP contribution in [0.5, 0.6) is 0 Å². The van der Waals surface area contributed by atoms with Crippen LogP contribution in [0.1, 0.15) is 43.9 Å². The summed E-state index contributed by atoms with van der Waals surface area (Å²) in [6.45, 7) is 6.31. The number of rotatable bonds is 5. The minimum absolute atomic E-state index is 0.160. The van der Waals surface area contributed by atoms with Gasteiger partial charge in [-0.05, 0) is 35.2 Å². The van der Waals surface area contributed by atoms with Crippen molar-refractivity contribution >= 4 is 22.8 Å². The first-order chi connectivity index (χ1) is 10.2. The smallest absolute Gasteiger partial charge is 0.305 e. The summed E-state index contributed by atoms with van der Waals surface area (Å²) in [7, 11) is 0. The van der Waals surface area contributed by atoms with Gasteiger partial charge in [-0.15, -0.1) is 0 Å². The van der Waals surface area contributed by atoms with Crippen molar-refractivity contribution in [2.24, 2.45) is 0 Å². The lowest BCUT2D eigenvalue weighted by molar-refractivity contribution is -0.144. The van der Waals surface area contributed by atoms with Crippen molar-refractivity contribution in [1.29, 1.82) is 0 Å². The van der Waals surface area contributed by atoms with Gasteiger partial charge < -0.3 is 4.74 Å². The van der Waals surface area contributed by atoms with Crippen LogP contribution in [-0.4, -0.2) is 5.97 Å². The number of carbonyl (C=O) groups is 1. The van der Waals surface area contributed by atoms with Gasteiger partial charge in [-0.1, -0.05) is 56.3 Å². The Hall–Kier alpha value is -2.09. The predicted molar refractivity (Wildman–Crippen MR) is 88.1 cm³/mol. The zero-order valence-electron chi connectivity index (χ0n) is 13.0. The highest BCUT2D eigenvalue weighted by atomic mass is 16.5. The van der Waals surface area contributed by atoms with E-state index < -0.39 is 0 Å². The SMILES string of the molecule is C/C=C\c1c(CC)cc2ccccc2c1COC(=O)CC. The molecular weight excluding hydrogens is 260 g/mol. The van der Waals surface area contributed by atoms with Crippen molar-refractivity contribution in [2.75, 3.05) is 0 Å². The topological polar surface area (TPSA) is 26.3 Å². The summed E-state index contributed by atoms with van der Waals surface area (Å²) in [6.07, 6.45) is 5.51. The van der Waals surface area contributed by atoms with E-state index in [4.69, 9.17) is 4.74 Å². The number of hydrogen-bond acceptors (Lipinski definition) is 2. The number of hydrogen-bond donors (Lipinski definition) is 0. The summed E-state index contributed by atoms with van der Waals surface area (Å²) in [4.78, 5) is 11.5. The molecule has 0 spiro atoms. The number of allylic oxidation sites excluding steroid dienone is 1. The Balaban J connectivity index is 2.60. The van der Waals surface area contributed by atoms with Crippen molar-refractivity contribution in [3.63, 3.8) is 0 Å². The molecule has 0 aliphatic carbocycles. The summed E-state index contributed by atoms with van der Waals surface area (Å²) in [6, 6.07) is 10.5. The normalized spacial score (nSPS) is 11.2. The van der Waals surface area contributed by atoms with Crippen LogP contribution >= 0.6 is 0 Å². The fourth-order valence-corrected chi connectivity index (χ4v) is 2.58. The maximum absolute atomic E-state index is 11.5. The summed E-state index contributed by atoms with van der Waals surface area (Å²) in [5.41, 5.74) is 3.57. The molecule has 0 unspecified atom stereocenters. The second kappa shape index (κ2) is 7.07. The Kier molecular flexibility index (Phi) is 5.15. The van der Waals surface area contributed by atoms with Gasteiger partial charge >= 0.3 is 5.97 Å². The molecule has 0 aliphatic heterocycles. The molecule has 0 fully saturated rings. The fourth-order valence-electron chi connectivity index (χ4n) is 2.58. The quantitative estimate of drug-likeness (QED) is 0.730. The Morgan fingerprint density at radius 3 is 2.67 bits per heavy atom. The summed E-state index contributed by atoms with van der Waals surface area (Å²) < 4.78 is 5.40. The number of aryl methyl sites for hydroxylation is 1. The van der Waals surface area contributed by atoms with Gasteiger partial charge in [-0.25, -0.2) is 0 Å². The maximum Gasteiger partial charge on any atom is 0.305 e. The van der Waals surface area contributed by atoms with Gasteiger partial charge in [0, 0.05) is 12.0 Å². The van der Waals surface area contributed by atoms with Crippen LogP contribution in [0.3, 0.4) is 0 Å². The van der Waals surface area contributed by atoms with Crippen molar-refractivity contribution in [3.05, 3.63) is 53.1 Å². The van der Waals surface area contributed by atoms with Crippen LogP contribution < -0.4 is 0 Å². The predicted octanol–water partition coefficient (Wildman–Crippen LogP) is 4.89. The first kappa shape index (κ1) is 15.3. The van der Waals surface area contributed by atoms with Gasteiger partial charge in [0.05, 0.1) is 0 Å². The molecular formula is C19H22O2. The molecule has 110 valence electrons. The minimum Gasteiger partial charge on any atom is -0.461 e. The lowest BCUT2D eigenvalue weighted by atomic mass is 9.93. The second-order valence-electron chi connectivity index (χ2n) is 5.02. The lowest BCUT2D eigenvalue weighted by Gasteiger charge is -2.15. The highest BCUT2D eigenvalue weighted by Crippen LogP contribution is 2.28. The highest BCUT2D eigenvalue weighted by Gasteiger charge is 2.12. The Morgan fingerprint density at radius 2 is 2.00 bits per heavy atom. The Bertz CT molecular complexity index is 669. The molecule has 0 saturated heterocycles. The van der Waals surface area contributed by atoms with E-state index in [0.717, 1.165) is 17.4 Å².